The third-order valence-corrected chi connectivity index (χ3v) is 5.96. The number of furan rings is 1. The first-order valence-corrected chi connectivity index (χ1v) is 9.41. The summed E-state index contributed by atoms with van der Waals surface area (Å²) in [5, 5.41) is 11.5. The van der Waals surface area contributed by atoms with Gasteiger partial charge in [0.2, 0.25) is 10.0 Å². The lowest BCUT2D eigenvalue weighted by Gasteiger charge is -2.05. The van der Waals surface area contributed by atoms with Crippen LogP contribution in [0.3, 0.4) is 0 Å². The van der Waals surface area contributed by atoms with Gasteiger partial charge in [-0.1, -0.05) is 6.07 Å². The molecule has 1 aromatic carbocycles. The molecule has 0 amide bonds. The summed E-state index contributed by atoms with van der Waals surface area (Å²) in [5.41, 5.74) is 0.412. The molecule has 0 saturated carbocycles. The van der Waals surface area contributed by atoms with Crippen molar-refractivity contribution in [3.05, 3.63) is 63.3 Å². The highest BCUT2D eigenvalue weighted by molar-refractivity contribution is 7.89. The smallest absolute Gasteiger partial charge is 0.270 e. The summed E-state index contributed by atoms with van der Waals surface area (Å²) in [6.07, 6.45) is 1.54. The van der Waals surface area contributed by atoms with E-state index >= 15 is 0 Å². The van der Waals surface area contributed by atoms with Crippen LogP contribution >= 0.6 is 11.3 Å². The number of sulfonamides is 1. The summed E-state index contributed by atoms with van der Waals surface area (Å²) >= 11 is 1.32. The molecule has 0 atom stereocenters. The average molecular weight is 379 g/mol. The van der Waals surface area contributed by atoms with E-state index in [0.29, 0.717) is 16.5 Å². The molecule has 10 heteroatoms. The number of aryl methyl sites for hydroxylation is 1. The fourth-order valence-electron chi connectivity index (χ4n) is 2.11. The number of nitrogens with one attached hydrogen (secondary N) is 1. The van der Waals surface area contributed by atoms with Crippen molar-refractivity contribution < 1.29 is 17.8 Å². The number of hydrogen-bond acceptors (Lipinski definition) is 7. The fraction of sp³-hybridized carbons (Fsp3) is 0.133. The van der Waals surface area contributed by atoms with Crippen LogP contribution < -0.4 is 4.72 Å². The molecule has 2 heterocycles. The third-order valence-electron chi connectivity index (χ3n) is 3.39. The summed E-state index contributed by atoms with van der Waals surface area (Å²) in [6.45, 7) is 1.81. The van der Waals surface area contributed by atoms with Crippen LogP contribution in [0, 0.1) is 17.0 Å². The maximum atomic E-state index is 12.4. The van der Waals surface area contributed by atoms with Crippen LogP contribution in [-0.2, 0) is 16.6 Å². The van der Waals surface area contributed by atoms with Gasteiger partial charge in [0.15, 0.2) is 10.8 Å². The first-order chi connectivity index (χ1) is 11.9. The van der Waals surface area contributed by atoms with E-state index in [1.165, 1.54) is 35.8 Å². The summed E-state index contributed by atoms with van der Waals surface area (Å²) in [6, 6.07) is 8.42. The molecule has 0 unspecified atom stereocenters. The van der Waals surface area contributed by atoms with Gasteiger partial charge in [-0.15, -0.1) is 11.3 Å². The van der Waals surface area contributed by atoms with E-state index in [9.17, 15) is 18.5 Å². The normalized spacial score (nSPS) is 11.6. The molecule has 130 valence electrons. The molecule has 3 rings (SSSR count). The Morgan fingerprint density at radius 3 is 2.80 bits per heavy atom. The quantitative estimate of drug-likeness (QED) is 0.520. The second-order valence-corrected chi connectivity index (χ2v) is 7.93. The van der Waals surface area contributed by atoms with Crippen LogP contribution in [0.5, 0.6) is 0 Å². The van der Waals surface area contributed by atoms with Gasteiger partial charge < -0.3 is 4.42 Å². The molecule has 2 aromatic heterocycles. The standard InChI is InChI=1S/C15H13N3O5S2/c1-10-14(24-15(17-10)13-6-3-7-23-13)9-16-25(21,22)12-5-2-4-11(8-12)18(19)20/h2-8,16H,9H2,1H3. The number of benzene rings is 1. The Morgan fingerprint density at radius 1 is 1.32 bits per heavy atom. The van der Waals surface area contributed by atoms with Crippen molar-refractivity contribution in [3.63, 3.8) is 0 Å². The van der Waals surface area contributed by atoms with Gasteiger partial charge in [-0.3, -0.25) is 10.1 Å². The van der Waals surface area contributed by atoms with Gasteiger partial charge >= 0.3 is 0 Å². The average Bonchev–Trinajstić information content (AvgIpc) is 3.23. The number of nitro groups is 1. The molecule has 0 aliphatic heterocycles. The molecule has 8 nitrogen and oxygen atoms in total. The molecule has 0 saturated heterocycles. The summed E-state index contributed by atoms with van der Waals surface area (Å²) in [7, 11) is -3.87. The second-order valence-electron chi connectivity index (χ2n) is 5.08. The zero-order valence-electron chi connectivity index (χ0n) is 13.0. The first kappa shape index (κ1) is 17.3. The first-order valence-electron chi connectivity index (χ1n) is 7.11. The van der Waals surface area contributed by atoms with Crippen molar-refractivity contribution in [2.45, 2.75) is 18.4 Å². The predicted octanol–water partition coefficient (Wildman–Crippen LogP) is 3.10. The molecule has 0 fully saturated rings. The lowest BCUT2D eigenvalue weighted by molar-refractivity contribution is -0.385. The Kier molecular flexibility index (Phi) is 4.66. The van der Waals surface area contributed by atoms with Crippen molar-refractivity contribution in [2.24, 2.45) is 0 Å². The maximum Gasteiger partial charge on any atom is 0.270 e. The van der Waals surface area contributed by atoms with Gasteiger partial charge in [0.1, 0.15) is 0 Å². The van der Waals surface area contributed by atoms with E-state index in [1.54, 1.807) is 19.1 Å². The number of rotatable bonds is 6. The minimum absolute atomic E-state index is 0.0369. The van der Waals surface area contributed by atoms with Crippen molar-refractivity contribution in [2.75, 3.05) is 0 Å². The van der Waals surface area contributed by atoms with E-state index in [-0.39, 0.29) is 17.1 Å². The van der Waals surface area contributed by atoms with Gasteiger partial charge in [-0.25, -0.2) is 18.1 Å². The third kappa shape index (κ3) is 3.76. The minimum atomic E-state index is -3.87. The Hall–Kier alpha value is -2.56. The van der Waals surface area contributed by atoms with Crippen molar-refractivity contribution in [3.8, 4) is 10.8 Å². The van der Waals surface area contributed by atoms with Gasteiger partial charge in [0.25, 0.3) is 5.69 Å². The zero-order chi connectivity index (χ0) is 18.0. The van der Waals surface area contributed by atoms with Crippen LogP contribution in [0.25, 0.3) is 10.8 Å². The molecule has 25 heavy (non-hydrogen) atoms. The topological polar surface area (TPSA) is 115 Å². The lowest BCUT2D eigenvalue weighted by atomic mass is 10.3. The number of nitro benzene ring substituents is 1. The van der Waals surface area contributed by atoms with Gasteiger partial charge in [0, 0.05) is 23.6 Å². The predicted molar refractivity (Wildman–Crippen MR) is 91.7 cm³/mol. The molecular formula is C15H13N3O5S2. The monoisotopic (exact) mass is 379 g/mol. The van der Waals surface area contributed by atoms with Crippen molar-refractivity contribution in [1.82, 2.24) is 9.71 Å². The second kappa shape index (κ2) is 6.75. The van der Waals surface area contributed by atoms with Crippen LogP contribution in [0.2, 0.25) is 0 Å². The molecule has 1 N–H and O–H groups in total. The van der Waals surface area contributed by atoms with E-state index in [4.69, 9.17) is 4.42 Å². The number of aromatic nitrogens is 1. The molecule has 0 aliphatic rings. The largest absolute Gasteiger partial charge is 0.462 e. The molecule has 0 spiro atoms. The van der Waals surface area contributed by atoms with Crippen LogP contribution in [0.1, 0.15) is 10.6 Å². The van der Waals surface area contributed by atoms with Gasteiger partial charge in [-0.2, -0.15) is 0 Å². The van der Waals surface area contributed by atoms with E-state index in [0.717, 1.165) is 10.9 Å². The van der Waals surface area contributed by atoms with Crippen LogP contribution in [-0.4, -0.2) is 18.3 Å². The Labute approximate surface area is 147 Å². The highest BCUT2D eigenvalue weighted by Crippen LogP contribution is 2.28. The highest BCUT2D eigenvalue weighted by atomic mass is 32.2. The molecule has 0 bridgehead atoms. The van der Waals surface area contributed by atoms with E-state index < -0.39 is 14.9 Å². The molecule has 3 aromatic rings. The van der Waals surface area contributed by atoms with Crippen molar-refractivity contribution >= 4 is 27.0 Å². The Balaban J connectivity index is 1.79. The SMILES string of the molecule is Cc1nc(-c2ccco2)sc1CNS(=O)(=O)c1cccc([N+](=O)[O-])c1. The van der Waals surface area contributed by atoms with E-state index in [2.05, 4.69) is 9.71 Å². The molecule has 0 radical (unpaired) electrons. The van der Waals surface area contributed by atoms with E-state index in [1.807, 2.05) is 0 Å². The van der Waals surface area contributed by atoms with Crippen LogP contribution in [0.15, 0.2) is 52.0 Å². The number of thiazole rings is 1. The van der Waals surface area contributed by atoms with Gasteiger partial charge in [0.05, 0.1) is 21.8 Å². The fourth-order valence-corrected chi connectivity index (χ4v) is 4.20. The van der Waals surface area contributed by atoms with Gasteiger partial charge in [-0.05, 0) is 25.1 Å². The zero-order valence-corrected chi connectivity index (χ0v) is 14.6. The van der Waals surface area contributed by atoms with Crippen molar-refractivity contribution in [1.29, 1.82) is 0 Å². The Bertz CT molecular complexity index is 1010. The highest BCUT2D eigenvalue weighted by Gasteiger charge is 2.19. The maximum absolute atomic E-state index is 12.4. The molecular weight excluding hydrogens is 366 g/mol. The number of nitrogens with zero attached hydrogens (tertiary/aromatic N) is 2. The molecule has 0 aliphatic carbocycles. The lowest BCUT2D eigenvalue weighted by Crippen LogP contribution is -2.23. The summed E-state index contributed by atoms with van der Waals surface area (Å²) in [4.78, 5) is 15.1. The summed E-state index contributed by atoms with van der Waals surface area (Å²) < 4.78 is 32.4. The number of hydrogen-bond donors (Lipinski definition) is 1. The minimum Gasteiger partial charge on any atom is -0.462 e. The Morgan fingerprint density at radius 2 is 2.12 bits per heavy atom. The number of non-ortho nitro benzene ring substituents is 1. The summed E-state index contributed by atoms with van der Waals surface area (Å²) in [5.74, 6) is 0.612. The van der Waals surface area contributed by atoms with Crippen LogP contribution in [0.4, 0.5) is 5.69 Å².